The molecular formula is C19H22ClN6OS+. The first kappa shape index (κ1) is 19.2. The Labute approximate surface area is 173 Å². The Morgan fingerprint density at radius 2 is 1.93 bits per heavy atom. The van der Waals surface area contributed by atoms with E-state index in [1.807, 2.05) is 38.4 Å². The maximum atomic E-state index is 6.22. The van der Waals surface area contributed by atoms with Gasteiger partial charge in [0.15, 0.2) is 0 Å². The topological polar surface area (TPSA) is 72.7 Å². The number of thioether (sulfide) groups is 1. The second-order valence-electron chi connectivity index (χ2n) is 6.80. The Balaban J connectivity index is 1.35. The fraction of sp³-hybridized carbons (Fsp3) is 0.316. The standard InChI is InChI=1S/C19H21ClN6OS/c1-25(2)15-7-3-13(4-8-15)18-21-11-17(27-18)12-28-19-22-23-24-26(19)16-9-5-14(20)6-10-16/h3-10,17-18,21H,11-12H2,1-2H3/p+1/t17-,18-/m0/s1. The molecule has 1 saturated heterocycles. The lowest BCUT2D eigenvalue weighted by Gasteiger charge is -2.14. The van der Waals surface area contributed by atoms with Crippen LogP contribution in [0.1, 0.15) is 11.8 Å². The minimum atomic E-state index is 0.0362. The van der Waals surface area contributed by atoms with Gasteiger partial charge in [0.05, 0.1) is 5.69 Å². The molecule has 4 rings (SSSR count). The largest absolute Gasteiger partial charge is 0.378 e. The first-order chi connectivity index (χ1) is 13.6. The number of halogens is 1. The van der Waals surface area contributed by atoms with Crippen molar-refractivity contribution in [2.75, 3.05) is 31.3 Å². The van der Waals surface area contributed by atoms with Gasteiger partial charge in [-0.05, 0) is 59.0 Å². The third kappa shape index (κ3) is 4.30. The monoisotopic (exact) mass is 417 g/mol. The van der Waals surface area contributed by atoms with E-state index < -0.39 is 0 Å². The number of hydrogen-bond donors (Lipinski definition) is 1. The molecule has 7 nitrogen and oxygen atoms in total. The van der Waals surface area contributed by atoms with Crippen LogP contribution < -0.4 is 10.2 Å². The molecule has 0 saturated carbocycles. The molecule has 1 fully saturated rings. The Morgan fingerprint density at radius 3 is 2.64 bits per heavy atom. The van der Waals surface area contributed by atoms with Crippen LogP contribution in [0.25, 0.3) is 5.69 Å². The number of nitrogens with zero attached hydrogens (tertiary/aromatic N) is 5. The molecule has 0 amide bonds. The molecule has 0 unspecified atom stereocenters. The van der Waals surface area contributed by atoms with Crippen molar-refractivity contribution in [1.29, 1.82) is 0 Å². The summed E-state index contributed by atoms with van der Waals surface area (Å²) in [4.78, 5) is 2.09. The van der Waals surface area contributed by atoms with E-state index in [-0.39, 0.29) is 12.3 Å². The van der Waals surface area contributed by atoms with Crippen molar-refractivity contribution in [1.82, 2.24) is 20.2 Å². The molecule has 9 heteroatoms. The lowest BCUT2D eigenvalue weighted by Crippen LogP contribution is -2.82. The van der Waals surface area contributed by atoms with Crippen LogP contribution in [-0.4, -0.2) is 52.7 Å². The summed E-state index contributed by atoms with van der Waals surface area (Å²) < 4.78 is 7.94. The Kier molecular flexibility index (Phi) is 5.82. The van der Waals surface area contributed by atoms with Crippen LogP contribution in [0.4, 0.5) is 5.69 Å². The summed E-state index contributed by atoms with van der Waals surface area (Å²) in [6, 6.07) is 16.0. The molecule has 1 aliphatic rings. The average Bonchev–Trinajstić information content (AvgIpc) is 3.36. The predicted octanol–water partition coefficient (Wildman–Crippen LogP) is 2.13. The summed E-state index contributed by atoms with van der Waals surface area (Å²) in [5.41, 5.74) is 3.25. The van der Waals surface area contributed by atoms with Crippen LogP contribution in [0.2, 0.25) is 5.02 Å². The number of benzene rings is 2. The van der Waals surface area contributed by atoms with E-state index in [1.54, 1.807) is 16.4 Å². The van der Waals surface area contributed by atoms with Crippen molar-refractivity contribution in [2.45, 2.75) is 17.5 Å². The molecule has 0 bridgehead atoms. The molecule has 146 valence electrons. The van der Waals surface area contributed by atoms with E-state index in [0.717, 1.165) is 23.1 Å². The third-order valence-corrected chi connectivity index (χ3v) is 5.90. The van der Waals surface area contributed by atoms with Gasteiger partial charge in [0.2, 0.25) is 11.4 Å². The lowest BCUT2D eigenvalue weighted by molar-refractivity contribution is -0.697. The predicted molar refractivity (Wildman–Crippen MR) is 110 cm³/mol. The van der Waals surface area contributed by atoms with Gasteiger partial charge in [-0.2, -0.15) is 4.68 Å². The van der Waals surface area contributed by atoms with Crippen LogP contribution in [0.15, 0.2) is 53.7 Å². The highest BCUT2D eigenvalue weighted by atomic mass is 35.5. The zero-order valence-electron chi connectivity index (χ0n) is 15.7. The van der Waals surface area contributed by atoms with Crippen molar-refractivity contribution in [3.05, 3.63) is 59.1 Å². The number of rotatable bonds is 6. The quantitative estimate of drug-likeness (QED) is 0.619. The van der Waals surface area contributed by atoms with Crippen molar-refractivity contribution in [3.63, 3.8) is 0 Å². The van der Waals surface area contributed by atoms with Gasteiger partial charge in [0, 0.05) is 36.1 Å². The molecule has 0 radical (unpaired) electrons. The van der Waals surface area contributed by atoms with Gasteiger partial charge >= 0.3 is 0 Å². The Morgan fingerprint density at radius 1 is 1.18 bits per heavy atom. The van der Waals surface area contributed by atoms with E-state index in [4.69, 9.17) is 16.3 Å². The normalized spacial score (nSPS) is 19.1. The van der Waals surface area contributed by atoms with Crippen molar-refractivity contribution in [3.8, 4) is 5.69 Å². The van der Waals surface area contributed by atoms with Gasteiger partial charge in [-0.3, -0.25) is 0 Å². The first-order valence-electron chi connectivity index (χ1n) is 9.03. The molecule has 1 aliphatic heterocycles. The van der Waals surface area contributed by atoms with Crippen molar-refractivity contribution >= 4 is 29.1 Å². The molecule has 2 atom stereocenters. The fourth-order valence-corrected chi connectivity index (χ4v) is 4.09. The van der Waals surface area contributed by atoms with E-state index >= 15 is 0 Å². The van der Waals surface area contributed by atoms with Crippen molar-refractivity contribution < 1.29 is 10.1 Å². The highest BCUT2D eigenvalue weighted by molar-refractivity contribution is 7.99. The molecule has 28 heavy (non-hydrogen) atoms. The van der Waals surface area contributed by atoms with Gasteiger partial charge in [0.25, 0.3) is 0 Å². The van der Waals surface area contributed by atoms with Crippen LogP contribution in [-0.2, 0) is 4.74 Å². The SMILES string of the molecule is CN(C)c1ccc([C@H]2[NH2+]C[C@@H](CSc3nnnn3-c3ccc(Cl)cc3)O2)cc1. The van der Waals surface area contributed by atoms with Gasteiger partial charge < -0.3 is 15.0 Å². The molecular weight excluding hydrogens is 396 g/mol. The molecule has 0 aliphatic carbocycles. The minimum Gasteiger partial charge on any atom is -0.378 e. The number of nitrogens with two attached hydrogens (primary N) is 1. The highest BCUT2D eigenvalue weighted by Crippen LogP contribution is 2.24. The summed E-state index contributed by atoms with van der Waals surface area (Å²) in [7, 11) is 4.08. The summed E-state index contributed by atoms with van der Waals surface area (Å²) in [6.45, 7) is 0.912. The highest BCUT2D eigenvalue weighted by Gasteiger charge is 2.30. The maximum absolute atomic E-state index is 6.22. The molecule has 3 aromatic rings. The number of tetrazole rings is 1. The van der Waals surface area contributed by atoms with Gasteiger partial charge in [-0.25, -0.2) is 0 Å². The number of anilines is 1. The Hall–Kier alpha value is -2.13. The first-order valence-corrected chi connectivity index (χ1v) is 10.4. The molecule has 1 aromatic heterocycles. The van der Waals surface area contributed by atoms with Crippen molar-refractivity contribution in [2.24, 2.45) is 0 Å². The fourth-order valence-electron chi connectivity index (χ4n) is 3.06. The molecule has 2 heterocycles. The molecule has 2 aromatic carbocycles. The molecule has 0 spiro atoms. The summed E-state index contributed by atoms with van der Waals surface area (Å²) in [5, 5.41) is 15.7. The van der Waals surface area contributed by atoms with Gasteiger partial charge in [-0.1, -0.05) is 23.4 Å². The van der Waals surface area contributed by atoms with E-state index in [2.05, 4.69) is 50.0 Å². The van der Waals surface area contributed by atoms with Crippen LogP contribution in [0.5, 0.6) is 0 Å². The summed E-state index contributed by atoms with van der Waals surface area (Å²) in [6.07, 6.45) is 0.174. The van der Waals surface area contributed by atoms with Gasteiger partial charge in [-0.15, -0.1) is 5.10 Å². The zero-order valence-corrected chi connectivity index (χ0v) is 17.3. The van der Waals surface area contributed by atoms with E-state index in [0.29, 0.717) is 5.02 Å². The number of hydrogen-bond acceptors (Lipinski definition) is 6. The minimum absolute atomic E-state index is 0.0362. The van der Waals surface area contributed by atoms with E-state index in [1.165, 1.54) is 11.3 Å². The lowest BCUT2D eigenvalue weighted by atomic mass is 10.2. The second-order valence-corrected chi connectivity index (χ2v) is 8.22. The summed E-state index contributed by atoms with van der Waals surface area (Å²) in [5.74, 6) is 0.788. The van der Waals surface area contributed by atoms with Crippen LogP contribution in [0, 0.1) is 0 Å². The zero-order chi connectivity index (χ0) is 19.5. The van der Waals surface area contributed by atoms with Gasteiger partial charge in [0.1, 0.15) is 12.6 Å². The maximum Gasteiger partial charge on any atom is 0.217 e. The van der Waals surface area contributed by atoms with Crippen LogP contribution >= 0.6 is 23.4 Å². The summed E-state index contributed by atoms with van der Waals surface area (Å²) >= 11 is 7.56. The second kappa shape index (κ2) is 8.48. The number of quaternary nitrogens is 1. The smallest absolute Gasteiger partial charge is 0.217 e. The number of ether oxygens (including phenoxy) is 1. The van der Waals surface area contributed by atoms with Crippen LogP contribution in [0.3, 0.4) is 0 Å². The third-order valence-electron chi connectivity index (χ3n) is 4.60. The average molecular weight is 418 g/mol. The number of aromatic nitrogens is 4. The Bertz CT molecular complexity index is 915. The van der Waals surface area contributed by atoms with E-state index in [9.17, 15) is 0 Å². The molecule has 2 N–H and O–H groups in total.